The van der Waals surface area contributed by atoms with Crippen LogP contribution in [0.5, 0.6) is 0 Å². The number of benzene rings is 4. The lowest BCUT2D eigenvalue weighted by atomic mass is 9.82. The van der Waals surface area contributed by atoms with Gasteiger partial charge in [-0.3, -0.25) is 0 Å². The molecule has 0 radical (unpaired) electrons. The van der Waals surface area contributed by atoms with Crippen molar-refractivity contribution in [2.45, 2.75) is 32.1 Å². The molecule has 0 heterocycles. The Labute approximate surface area is 173 Å². The lowest BCUT2D eigenvalue weighted by Crippen LogP contribution is -2.14. The van der Waals surface area contributed by atoms with E-state index in [0.29, 0.717) is 0 Å². The van der Waals surface area contributed by atoms with Gasteiger partial charge in [-0.1, -0.05) is 111 Å². The molecule has 0 bridgehead atoms. The average Bonchev–Trinajstić information content (AvgIpc) is 3.00. The van der Waals surface area contributed by atoms with Crippen molar-refractivity contribution in [2.75, 3.05) is 0 Å². The predicted molar refractivity (Wildman–Crippen MR) is 123 cm³/mol. The minimum absolute atomic E-state index is 0.0950. The van der Waals surface area contributed by atoms with Crippen LogP contribution >= 0.6 is 0 Å². The highest BCUT2D eigenvalue weighted by Crippen LogP contribution is 2.48. The zero-order valence-electron chi connectivity index (χ0n) is 17.2. The molecule has 5 rings (SSSR count). The fourth-order valence-corrected chi connectivity index (χ4v) is 4.71. The van der Waals surface area contributed by atoms with Crippen LogP contribution in [-0.4, -0.2) is 0 Å². The Bertz CT molecular complexity index is 1150. The Morgan fingerprint density at radius 3 is 1.90 bits per heavy atom. The summed E-state index contributed by atoms with van der Waals surface area (Å²) in [5.74, 6) is 0. The van der Waals surface area contributed by atoms with Crippen molar-refractivity contribution in [1.82, 2.24) is 0 Å². The van der Waals surface area contributed by atoms with Crippen molar-refractivity contribution in [1.29, 1.82) is 0 Å². The third kappa shape index (κ3) is 3.19. The molecule has 0 amide bonds. The Morgan fingerprint density at radius 1 is 0.517 bits per heavy atom. The second-order valence-corrected chi connectivity index (χ2v) is 8.61. The molecule has 1 aliphatic rings. The topological polar surface area (TPSA) is 0 Å². The minimum Gasteiger partial charge on any atom is -0.0622 e. The molecule has 0 N–H and O–H groups in total. The van der Waals surface area contributed by atoms with Crippen LogP contribution in [0.1, 0.15) is 36.1 Å². The van der Waals surface area contributed by atoms with Crippen LogP contribution in [0, 0.1) is 0 Å². The van der Waals surface area contributed by atoms with Gasteiger partial charge in [0.25, 0.3) is 0 Å². The van der Waals surface area contributed by atoms with Gasteiger partial charge in [0.2, 0.25) is 0 Å². The van der Waals surface area contributed by atoms with Crippen molar-refractivity contribution in [2.24, 2.45) is 0 Å². The Morgan fingerprint density at radius 2 is 1.10 bits per heavy atom. The summed E-state index contributed by atoms with van der Waals surface area (Å²) in [4.78, 5) is 0. The van der Waals surface area contributed by atoms with Gasteiger partial charge in [0.1, 0.15) is 0 Å². The molecule has 0 aromatic heterocycles. The summed E-state index contributed by atoms with van der Waals surface area (Å²) in [5, 5.41) is 0. The first-order valence-electron chi connectivity index (χ1n) is 10.5. The molecular weight excluding hydrogens is 348 g/mol. The summed E-state index contributed by atoms with van der Waals surface area (Å²) in [6.07, 6.45) is 2.14. The summed E-state index contributed by atoms with van der Waals surface area (Å²) in [7, 11) is 0. The van der Waals surface area contributed by atoms with Crippen molar-refractivity contribution in [3.05, 3.63) is 119 Å². The quantitative estimate of drug-likeness (QED) is 0.348. The van der Waals surface area contributed by atoms with Gasteiger partial charge in [0.15, 0.2) is 0 Å². The second-order valence-electron chi connectivity index (χ2n) is 8.61. The van der Waals surface area contributed by atoms with Gasteiger partial charge in [0, 0.05) is 5.41 Å². The monoisotopic (exact) mass is 374 g/mol. The van der Waals surface area contributed by atoms with Crippen LogP contribution in [0.25, 0.3) is 22.3 Å². The van der Waals surface area contributed by atoms with E-state index in [-0.39, 0.29) is 5.41 Å². The predicted octanol–water partition coefficient (Wildman–Crippen LogP) is 7.45. The van der Waals surface area contributed by atoms with E-state index in [1.165, 1.54) is 44.5 Å². The van der Waals surface area contributed by atoms with Gasteiger partial charge >= 0.3 is 0 Å². The average molecular weight is 375 g/mol. The van der Waals surface area contributed by atoms with E-state index in [2.05, 4.69) is 111 Å². The van der Waals surface area contributed by atoms with Gasteiger partial charge in [0.05, 0.1) is 0 Å². The number of aryl methyl sites for hydroxylation is 2. The molecule has 0 nitrogen and oxygen atoms in total. The summed E-state index contributed by atoms with van der Waals surface area (Å²) < 4.78 is 0. The zero-order valence-corrected chi connectivity index (χ0v) is 17.2. The smallest absolute Gasteiger partial charge is 0.0158 e. The van der Waals surface area contributed by atoms with E-state index in [4.69, 9.17) is 0 Å². The second kappa shape index (κ2) is 7.04. The van der Waals surface area contributed by atoms with E-state index >= 15 is 0 Å². The Kier molecular flexibility index (Phi) is 4.36. The first kappa shape index (κ1) is 17.9. The molecule has 0 saturated heterocycles. The fraction of sp³-hybridized carbons (Fsp3) is 0.172. The van der Waals surface area contributed by atoms with Gasteiger partial charge in [-0.2, -0.15) is 0 Å². The Balaban J connectivity index is 1.36. The largest absolute Gasteiger partial charge is 0.0622 e. The first-order valence-corrected chi connectivity index (χ1v) is 10.5. The Hall–Kier alpha value is -3.12. The van der Waals surface area contributed by atoms with Crippen LogP contribution in [0.2, 0.25) is 0 Å². The van der Waals surface area contributed by atoms with Crippen molar-refractivity contribution in [3.63, 3.8) is 0 Å². The SMILES string of the molecule is CC1(C)c2ccccc2-c2cc(CCc3ccc(-c4ccccc4)cc3)ccc21. The molecule has 0 fully saturated rings. The molecule has 1 aliphatic carbocycles. The molecule has 4 aromatic carbocycles. The van der Waals surface area contributed by atoms with Crippen LogP contribution in [-0.2, 0) is 18.3 Å². The third-order valence-corrected chi connectivity index (χ3v) is 6.41. The molecule has 4 aromatic rings. The maximum Gasteiger partial charge on any atom is 0.0158 e. The molecule has 0 spiro atoms. The highest BCUT2D eigenvalue weighted by atomic mass is 14.4. The molecule has 0 unspecified atom stereocenters. The maximum absolute atomic E-state index is 2.42. The maximum atomic E-state index is 2.42. The van der Waals surface area contributed by atoms with E-state index < -0.39 is 0 Å². The van der Waals surface area contributed by atoms with E-state index in [9.17, 15) is 0 Å². The molecule has 142 valence electrons. The highest BCUT2D eigenvalue weighted by Gasteiger charge is 2.34. The minimum atomic E-state index is 0.0950. The van der Waals surface area contributed by atoms with Crippen molar-refractivity contribution < 1.29 is 0 Å². The van der Waals surface area contributed by atoms with Gasteiger partial charge < -0.3 is 0 Å². The van der Waals surface area contributed by atoms with E-state index in [0.717, 1.165) is 12.8 Å². The normalized spacial score (nSPS) is 13.7. The number of rotatable bonds is 4. The van der Waals surface area contributed by atoms with E-state index in [1.54, 1.807) is 0 Å². The lowest BCUT2D eigenvalue weighted by Gasteiger charge is -2.21. The molecule has 29 heavy (non-hydrogen) atoms. The summed E-state index contributed by atoms with van der Waals surface area (Å²) in [6.45, 7) is 4.68. The van der Waals surface area contributed by atoms with Crippen LogP contribution in [0.15, 0.2) is 97.1 Å². The van der Waals surface area contributed by atoms with Crippen LogP contribution in [0.4, 0.5) is 0 Å². The summed E-state index contributed by atoms with van der Waals surface area (Å²) >= 11 is 0. The van der Waals surface area contributed by atoms with Crippen molar-refractivity contribution in [3.8, 4) is 22.3 Å². The number of fused-ring (bicyclic) bond motifs is 3. The molecule has 0 atom stereocenters. The standard InChI is InChI=1S/C29H26/c1-29(2)27-11-7-6-10-25(27)26-20-22(16-19-28(26)29)13-12-21-14-17-24(18-15-21)23-8-4-3-5-9-23/h3-11,14-20H,12-13H2,1-2H3. The van der Waals surface area contributed by atoms with Crippen molar-refractivity contribution >= 4 is 0 Å². The van der Waals surface area contributed by atoms with Gasteiger partial charge in [-0.05, 0) is 57.3 Å². The highest BCUT2D eigenvalue weighted by molar-refractivity contribution is 5.81. The molecule has 0 saturated carbocycles. The summed E-state index contributed by atoms with van der Waals surface area (Å²) in [5.41, 5.74) is 11.2. The zero-order chi connectivity index (χ0) is 19.8. The fourth-order valence-electron chi connectivity index (χ4n) is 4.71. The number of hydrogen-bond donors (Lipinski definition) is 0. The van der Waals surface area contributed by atoms with Crippen LogP contribution in [0.3, 0.4) is 0 Å². The molecule has 0 heteroatoms. The van der Waals surface area contributed by atoms with Gasteiger partial charge in [-0.25, -0.2) is 0 Å². The number of hydrogen-bond acceptors (Lipinski definition) is 0. The first-order chi connectivity index (χ1) is 14.1. The third-order valence-electron chi connectivity index (χ3n) is 6.41. The van der Waals surface area contributed by atoms with Crippen LogP contribution < -0.4 is 0 Å². The lowest BCUT2D eigenvalue weighted by molar-refractivity contribution is 0.660. The molecular formula is C29H26. The van der Waals surface area contributed by atoms with E-state index in [1.807, 2.05) is 0 Å². The van der Waals surface area contributed by atoms with Gasteiger partial charge in [-0.15, -0.1) is 0 Å². The molecule has 0 aliphatic heterocycles. The summed E-state index contributed by atoms with van der Waals surface area (Å²) in [6, 6.07) is 35.6.